The van der Waals surface area contributed by atoms with Crippen molar-refractivity contribution in [1.29, 1.82) is 0 Å². The first-order valence-corrected chi connectivity index (χ1v) is 14.1. The van der Waals surface area contributed by atoms with Gasteiger partial charge in [-0.05, 0) is 54.5 Å². The third-order valence-corrected chi connectivity index (χ3v) is 8.28. The number of carbonyl (C=O) groups excluding carboxylic acids is 1. The molecular weight excluding hydrogens is 596 g/mol. The molecule has 0 radical (unpaired) electrons. The minimum absolute atomic E-state index is 0.104. The Bertz CT molecular complexity index is 1840. The number of halogens is 1. The van der Waals surface area contributed by atoms with Gasteiger partial charge in [0, 0.05) is 10.0 Å². The number of thiazole rings is 1. The lowest BCUT2D eigenvalue weighted by atomic mass is 9.93. The van der Waals surface area contributed by atoms with E-state index in [0.717, 1.165) is 15.6 Å². The summed E-state index contributed by atoms with van der Waals surface area (Å²) in [6, 6.07) is 19.6. The maximum absolute atomic E-state index is 14.1. The van der Waals surface area contributed by atoms with Gasteiger partial charge in [-0.3, -0.25) is 9.36 Å². The summed E-state index contributed by atoms with van der Waals surface area (Å²) in [5.41, 5.74) is 2.63. The van der Waals surface area contributed by atoms with Gasteiger partial charge in [0.15, 0.2) is 16.3 Å². The number of ether oxygens (including phenoxy) is 4. The summed E-state index contributed by atoms with van der Waals surface area (Å²) in [7, 11) is 1.59. The van der Waals surface area contributed by atoms with Gasteiger partial charge >= 0.3 is 5.97 Å². The quantitative estimate of drug-likeness (QED) is 0.297. The van der Waals surface area contributed by atoms with Crippen molar-refractivity contribution >= 4 is 45.0 Å². The summed E-state index contributed by atoms with van der Waals surface area (Å²) in [4.78, 5) is 33.0. The molecule has 1 atom stereocenters. The zero-order valence-corrected chi connectivity index (χ0v) is 24.0. The van der Waals surface area contributed by atoms with Crippen LogP contribution in [0.5, 0.6) is 17.2 Å². The molecule has 0 saturated carbocycles. The van der Waals surface area contributed by atoms with Gasteiger partial charge in [0.25, 0.3) is 5.56 Å². The molecule has 1 aromatic heterocycles. The van der Waals surface area contributed by atoms with Crippen LogP contribution < -0.4 is 29.1 Å². The predicted molar refractivity (Wildman–Crippen MR) is 154 cm³/mol. The fourth-order valence-electron chi connectivity index (χ4n) is 4.74. The molecule has 4 aromatic rings. The van der Waals surface area contributed by atoms with Crippen molar-refractivity contribution in [3.8, 4) is 17.2 Å². The maximum atomic E-state index is 14.1. The van der Waals surface area contributed by atoms with Crippen LogP contribution in [0.4, 0.5) is 0 Å². The highest BCUT2D eigenvalue weighted by atomic mass is 79.9. The average Bonchev–Trinajstić information content (AvgIpc) is 3.57. The Kier molecular flexibility index (Phi) is 7.03. The predicted octanol–water partition coefficient (Wildman–Crippen LogP) is 4.44. The lowest BCUT2D eigenvalue weighted by molar-refractivity contribution is -0.138. The topological polar surface area (TPSA) is 88.4 Å². The third kappa shape index (κ3) is 4.63. The molecule has 0 bridgehead atoms. The summed E-state index contributed by atoms with van der Waals surface area (Å²) in [5, 5.41) is 0. The first kappa shape index (κ1) is 26.1. The molecule has 6 rings (SSSR count). The van der Waals surface area contributed by atoms with E-state index < -0.39 is 12.0 Å². The van der Waals surface area contributed by atoms with Crippen LogP contribution in [-0.4, -0.2) is 31.0 Å². The highest BCUT2D eigenvalue weighted by molar-refractivity contribution is 9.10. The largest absolute Gasteiger partial charge is 0.497 e. The van der Waals surface area contributed by atoms with Gasteiger partial charge in [-0.2, -0.15) is 0 Å². The van der Waals surface area contributed by atoms with Gasteiger partial charge < -0.3 is 18.9 Å². The third-order valence-electron chi connectivity index (χ3n) is 6.58. The normalized spacial score (nSPS) is 16.0. The summed E-state index contributed by atoms with van der Waals surface area (Å²) in [5.74, 6) is 1.26. The zero-order chi connectivity index (χ0) is 27.8. The molecule has 0 fully saturated rings. The first-order valence-electron chi connectivity index (χ1n) is 12.5. The summed E-state index contributed by atoms with van der Waals surface area (Å²) in [6.45, 7) is 2.02. The Morgan fingerprint density at radius 3 is 2.70 bits per heavy atom. The van der Waals surface area contributed by atoms with E-state index in [4.69, 9.17) is 23.9 Å². The van der Waals surface area contributed by atoms with Gasteiger partial charge in [0.05, 0.1) is 35.6 Å². The number of hydrogen-bond donors (Lipinski definition) is 0. The lowest BCUT2D eigenvalue weighted by Crippen LogP contribution is -2.40. The molecule has 0 saturated heterocycles. The van der Waals surface area contributed by atoms with Crippen LogP contribution in [0.1, 0.15) is 29.7 Å². The van der Waals surface area contributed by atoms with Gasteiger partial charge in [-0.25, -0.2) is 9.79 Å². The highest BCUT2D eigenvalue weighted by Crippen LogP contribution is 2.40. The molecule has 40 heavy (non-hydrogen) atoms. The lowest BCUT2D eigenvalue weighted by Gasteiger charge is -2.26. The monoisotopic (exact) mass is 618 g/mol. The fourth-order valence-corrected chi connectivity index (χ4v) is 6.09. The molecule has 2 aliphatic rings. The summed E-state index contributed by atoms with van der Waals surface area (Å²) >= 11 is 4.82. The van der Waals surface area contributed by atoms with Crippen molar-refractivity contribution in [2.75, 3.05) is 20.5 Å². The summed E-state index contributed by atoms with van der Waals surface area (Å²) in [6.07, 6.45) is 1.80. The molecule has 0 spiro atoms. The second-order valence-electron chi connectivity index (χ2n) is 8.93. The number of benzene rings is 3. The molecule has 2 aliphatic heterocycles. The number of nitrogens with zero attached hydrogens (tertiary/aromatic N) is 2. The van der Waals surface area contributed by atoms with E-state index in [9.17, 15) is 9.59 Å². The summed E-state index contributed by atoms with van der Waals surface area (Å²) < 4.78 is 24.9. The van der Waals surface area contributed by atoms with E-state index in [2.05, 4.69) is 15.9 Å². The Morgan fingerprint density at radius 1 is 1.12 bits per heavy atom. The highest BCUT2D eigenvalue weighted by Gasteiger charge is 2.36. The Hall–Kier alpha value is -4.15. The first-order chi connectivity index (χ1) is 19.5. The second-order valence-corrected chi connectivity index (χ2v) is 10.8. The molecule has 202 valence electrons. The maximum Gasteiger partial charge on any atom is 0.338 e. The molecule has 0 aliphatic carbocycles. The van der Waals surface area contributed by atoms with Crippen LogP contribution in [0.3, 0.4) is 0 Å². The molecule has 0 N–H and O–H groups in total. The number of methoxy groups -OCH3 is 1. The van der Waals surface area contributed by atoms with Crippen molar-refractivity contribution in [3.05, 3.63) is 113 Å². The smallest absolute Gasteiger partial charge is 0.338 e. The molecule has 8 nitrogen and oxygen atoms in total. The SMILES string of the molecule is CCOC(=O)C1=C(c2ccccc2)N=c2s/c(=C\c3cc(OC)ccc3Br)c(=O)n2C1c1ccc2c(c1)OCO2. The standard InChI is InChI=1S/C30H23BrN2O6S/c1-3-37-29(35)25-26(17-7-5-4-6-8-17)32-30-33(27(25)18-9-12-22-23(14-18)39-16-38-22)28(34)24(40-30)15-19-13-20(36-2)10-11-21(19)31/h4-15,27H,3,16H2,1-2H3/b24-15-. The number of aromatic nitrogens is 1. The minimum Gasteiger partial charge on any atom is -0.497 e. The van der Waals surface area contributed by atoms with Gasteiger partial charge in [-0.1, -0.05) is 63.7 Å². The number of fused-ring (bicyclic) bond motifs is 2. The Labute approximate surface area is 241 Å². The van der Waals surface area contributed by atoms with Crippen LogP contribution in [0.15, 0.2) is 86.6 Å². The molecule has 10 heteroatoms. The number of hydrogen-bond acceptors (Lipinski definition) is 8. The zero-order valence-electron chi connectivity index (χ0n) is 21.5. The molecular formula is C30H23BrN2O6S. The van der Waals surface area contributed by atoms with E-state index in [0.29, 0.717) is 37.8 Å². The van der Waals surface area contributed by atoms with Crippen LogP contribution in [0.2, 0.25) is 0 Å². The fraction of sp³-hybridized carbons (Fsp3) is 0.167. The van der Waals surface area contributed by atoms with E-state index in [1.54, 1.807) is 36.8 Å². The van der Waals surface area contributed by atoms with Crippen molar-refractivity contribution in [2.24, 2.45) is 4.99 Å². The Morgan fingerprint density at radius 2 is 1.93 bits per heavy atom. The van der Waals surface area contributed by atoms with Crippen molar-refractivity contribution < 1.29 is 23.7 Å². The van der Waals surface area contributed by atoms with Gasteiger partial charge in [0.1, 0.15) is 5.75 Å². The van der Waals surface area contributed by atoms with Crippen LogP contribution in [-0.2, 0) is 9.53 Å². The van der Waals surface area contributed by atoms with E-state index in [1.807, 2.05) is 54.6 Å². The van der Waals surface area contributed by atoms with E-state index in [1.165, 1.54) is 11.3 Å². The number of esters is 1. The van der Waals surface area contributed by atoms with Crippen molar-refractivity contribution in [3.63, 3.8) is 0 Å². The molecule has 1 unspecified atom stereocenters. The van der Waals surface area contributed by atoms with Crippen molar-refractivity contribution in [1.82, 2.24) is 4.57 Å². The van der Waals surface area contributed by atoms with Crippen molar-refractivity contribution in [2.45, 2.75) is 13.0 Å². The van der Waals surface area contributed by atoms with Crippen LogP contribution >= 0.6 is 27.3 Å². The molecule has 3 heterocycles. The second kappa shape index (κ2) is 10.8. The molecule has 3 aromatic carbocycles. The van der Waals surface area contributed by atoms with Crippen LogP contribution in [0, 0.1) is 0 Å². The van der Waals surface area contributed by atoms with Gasteiger partial charge in [0.2, 0.25) is 6.79 Å². The Balaban J connectivity index is 1.65. The molecule has 0 amide bonds. The van der Waals surface area contributed by atoms with E-state index in [-0.39, 0.29) is 24.5 Å². The average molecular weight is 619 g/mol. The van der Waals surface area contributed by atoms with E-state index >= 15 is 0 Å². The number of carbonyl (C=O) groups is 1. The van der Waals surface area contributed by atoms with Crippen LogP contribution in [0.25, 0.3) is 11.8 Å². The van der Waals surface area contributed by atoms with Gasteiger partial charge in [-0.15, -0.1) is 0 Å². The number of rotatable bonds is 6. The minimum atomic E-state index is -0.809.